The van der Waals surface area contributed by atoms with Gasteiger partial charge in [-0.2, -0.15) is 0 Å². The summed E-state index contributed by atoms with van der Waals surface area (Å²) in [5.74, 6) is 0.868. The molecule has 4 nitrogen and oxygen atoms in total. The summed E-state index contributed by atoms with van der Waals surface area (Å²) in [6.07, 6.45) is 4.62. The molecule has 0 aromatic carbocycles. The highest BCUT2D eigenvalue weighted by Crippen LogP contribution is 2.12. The van der Waals surface area contributed by atoms with Crippen molar-refractivity contribution >= 4 is 17.2 Å². The lowest BCUT2D eigenvalue weighted by molar-refractivity contribution is 0.780. The average molecular weight is 249 g/mol. The number of hydrogen-bond donors (Lipinski definition) is 1. The van der Waals surface area contributed by atoms with E-state index in [1.807, 2.05) is 18.3 Å². The average Bonchev–Trinajstić information content (AvgIpc) is 2.74. The normalized spacial score (nSPS) is 10.4. The minimum absolute atomic E-state index is 0.0651. The number of anilines is 1. The van der Waals surface area contributed by atoms with Gasteiger partial charge in [-0.3, -0.25) is 4.79 Å². The van der Waals surface area contributed by atoms with Crippen molar-refractivity contribution in [1.29, 1.82) is 0 Å². The van der Waals surface area contributed by atoms with Crippen LogP contribution in [0.25, 0.3) is 0 Å². The first-order chi connectivity index (χ1) is 8.31. The van der Waals surface area contributed by atoms with Crippen LogP contribution in [0.3, 0.4) is 0 Å². The molecule has 0 aliphatic carbocycles. The topological polar surface area (TPSA) is 46.9 Å². The Hall–Kier alpha value is -1.62. The summed E-state index contributed by atoms with van der Waals surface area (Å²) in [4.78, 5) is 15.9. The van der Waals surface area contributed by atoms with E-state index in [0.717, 1.165) is 24.3 Å². The predicted octanol–water partition coefficient (Wildman–Crippen LogP) is 2.17. The van der Waals surface area contributed by atoms with Gasteiger partial charge in [0.1, 0.15) is 5.82 Å². The molecule has 0 atom stereocenters. The second kappa shape index (κ2) is 5.63. The van der Waals surface area contributed by atoms with Gasteiger partial charge in [-0.25, -0.2) is 4.98 Å². The third-order valence-electron chi connectivity index (χ3n) is 2.42. The van der Waals surface area contributed by atoms with E-state index in [2.05, 4.69) is 17.2 Å². The van der Waals surface area contributed by atoms with Crippen LogP contribution in [-0.2, 0) is 6.54 Å². The van der Waals surface area contributed by atoms with Crippen LogP contribution < -0.4 is 10.2 Å². The zero-order valence-corrected chi connectivity index (χ0v) is 10.5. The maximum absolute atomic E-state index is 11.5. The Morgan fingerprint density at radius 2 is 2.41 bits per heavy atom. The summed E-state index contributed by atoms with van der Waals surface area (Å²) >= 11 is 1.21. The number of hydrogen-bond acceptors (Lipinski definition) is 4. The van der Waals surface area contributed by atoms with E-state index in [4.69, 9.17) is 0 Å². The van der Waals surface area contributed by atoms with E-state index in [1.54, 1.807) is 16.1 Å². The number of pyridine rings is 1. The number of nitrogens with one attached hydrogen (secondary N) is 1. The first kappa shape index (κ1) is 11.9. The minimum atomic E-state index is 0.0651. The second-order valence-corrected chi connectivity index (χ2v) is 4.59. The van der Waals surface area contributed by atoms with Crippen LogP contribution >= 0.6 is 11.3 Å². The largest absolute Gasteiger partial charge is 0.370 e. The van der Waals surface area contributed by atoms with Crippen LogP contribution in [0.1, 0.15) is 18.9 Å². The van der Waals surface area contributed by atoms with E-state index in [1.165, 1.54) is 11.3 Å². The van der Waals surface area contributed by atoms with Crippen LogP contribution in [0, 0.1) is 0 Å². The lowest BCUT2D eigenvalue weighted by Crippen LogP contribution is -2.14. The number of thiazole rings is 1. The maximum atomic E-state index is 11.5. The van der Waals surface area contributed by atoms with Gasteiger partial charge in [0.05, 0.1) is 6.54 Å². The Kier molecular flexibility index (Phi) is 3.93. The van der Waals surface area contributed by atoms with Gasteiger partial charge in [0.2, 0.25) is 0 Å². The zero-order chi connectivity index (χ0) is 12.1. The molecule has 2 rings (SSSR count). The van der Waals surface area contributed by atoms with E-state index in [0.29, 0.717) is 6.54 Å². The molecule has 0 bridgehead atoms. The third kappa shape index (κ3) is 2.94. The Balaban J connectivity index is 2.20. The van der Waals surface area contributed by atoms with E-state index >= 15 is 0 Å². The first-order valence-corrected chi connectivity index (χ1v) is 6.51. The molecule has 0 radical (unpaired) electrons. The smallest absolute Gasteiger partial charge is 0.307 e. The van der Waals surface area contributed by atoms with Crippen LogP contribution in [0.15, 0.2) is 34.7 Å². The van der Waals surface area contributed by atoms with Crippen molar-refractivity contribution < 1.29 is 0 Å². The fourth-order valence-corrected chi connectivity index (χ4v) is 2.15. The molecule has 0 saturated heterocycles. The fraction of sp³-hybridized carbons (Fsp3) is 0.333. The van der Waals surface area contributed by atoms with Crippen LogP contribution in [-0.4, -0.2) is 16.1 Å². The highest BCUT2D eigenvalue weighted by Gasteiger charge is 2.04. The van der Waals surface area contributed by atoms with Crippen molar-refractivity contribution in [2.75, 3.05) is 11.9 Å². The molecular weight excluding hydrogens is 234 g/mol. The Morgan fingerprint density at radius 3 is 3.12 bits per heavy atom. The van der Waals surface area contributed by atoms with Crippen molar-refractivity contribution in [3.63, 3.8) is 0 Å². The lowest BCUT2D eigenvalue weighted by Gasteiger charge is -2.09. The van der Waals surface area contributed by atoms with Crippen molar-refractivity contribution in [1.82, 2.24) is 9.55 Å². The molecular formula is C12H15N3OS. The van der Waals surface area contributed by atoms with Gasteiger partial charge in [-0.05, 0) is 12.5 Å². The molecule has 2 aromatic heterocycles. The van der Waals surface area contributed by atoms with Crippen LogP contribution in [0.2, 0.25) is 0 Å². The summed E-state index contributed by atoms with van der Waals surface area (Å²) < 4.78 is 1.69. The van der Waals surface area contributed by atoms with Gasteiger partial charge in [0, 0.05) is 29.9 Å². The second-order valence-electron chi connectivity index (χ2n) is 3.73. The first-order valence-electron chi connectivity index (χ1n) is 5.63. The zero-order valence-electron chi connectivity index (χ0n) is 9.72. The fourth-order valence-electron chi connectivity index (χ4n) is 1.56. The minimum Gasteiger partial charge on any atom is -0.370 e. The highest BCUT2D eigenvalue weighted by molar-refractivity contribution is 7.07. The number of nitrogens with zero attached hydrogens (tertiary/aromatic N) is 2. The van der Waals surface area contributed by atoms with E-state index in [9.17, 15) is 4.79 Å². The summed E-state index contributed by atoms with van der Waals surface area (Å²) in [7, 11) is 0. The van der Waals surface area contributed by atoms with Gasteiger partial charge in [0.25, 0.3) is 0 Å². The lowest BCUT2D eigenvalue weighted by atomic mass is 10.2. The molecule has 1 N–H and O–H groups in total. The Morgan fingerprint density at radius 1 is 1.53 bits per heavy atom. The molecule has 0 aliphatic heterocycles. The predicted molar refractivity (Wildman–Crippen MR) is 70.7 cm³/mol. The van der Waals surface area contributed by atoms with Crippen molar-refractivity contribution in [2.24, 2.45) is 0 Å². The monoisotopic (exact) mass is 249 g/mol. The highest BCUT2D eigenvalue weighted by atomic mass is 32.1. The van der Waals surface area contributed by atoms with Gasteiger partial charge in [0.15, 0.2) is 0 Å². The van der Waals surface area contributed by atoms with Gasteiger partial charge < -0.3 is 9.88 Å². The number of aromatic nitrogens is 2. The van der Waals surface area contributed by atoms with Crippen molar-refractivity contribution in [2.45, 2.75) is 19.9 Å². The van der Waals surface area contributed by atoms with E-state index in [-0.39, 0.29) is 4.87 Å². The van der Waals surface area contributed by atoms with Crippen molar-refractivity contribution in [3.8, 4) is 0 Å². The molecule has 0 aliphatic rings. The molecule has 0 saturated carbocycles. The van der Waals surface area contributed by atoms with Gasteiger partial charge >= 0.3 is 4.87 Å². The Bertz CT molecular complexity index is 532. The molecule has 0 unspecified atom stereocenters. The molecule has 5 heteroatoms. The molecule has 90 valence electrons. The van der Waals surface area contributed by atoms with Crippen LogP contribution in [0.4, 0.5) is 5.82 Å². The summed E-state index contributed by atoms with van der Waals surface area (Å²) in [6, 6.07) is 3.89. The van der Waals surface area contributed by atoms with E-state index < -0.39 is 0 Å². The van der Waals surface area contributed by atoms with Crippen LogP contribution in [0.5, 0.6) is 0 Å². The third-order valence-corrected chi connectivity index (χ3v) is 3.11. The standard InChI is InChI=1S/C12H15N3OS/c1-2-5-13-11-10(4-3-6-14-11)9-15-7-8-17-12(15)16/h3-4,6-8H,2,5,9H2,1H3,(H,13,14). The quantitative estimate of drug-likeness (QED) is 0.883. The summed E-state index contributed by atoms with van der Waals surface area (Å²) in [5.41, 5.74) is 1.04. The SMILES string of the molecule is CCCNc1ncccc1Cn1ccsc1=O. The van der Waals surface area contributed by atoms with Gasteiger partial charge in [-0.1, -0.05) is 24.3 Å². The molecule has 17 heavy (non-hydrogen) atoms. The molecule has 0 amide bonds. The molecule has 2 heterocycles. The summed E-state index contributed by atoms with van der Waals surface area (Å²) in [5, 5.41) is 5.08. The maximum Gasteiger partial charge on any atom is 0.307 e. The number of rotatable bonds is 5. The Labute approximate surface area is 104 Å². The molecule has 0 fully saturated rings. The van der Waals surface area contributed by atoms with Crippen molar-refractivity contribution in [3.05, 3.63) is 45.1 Å². The summed E-state index contributed by atoms with van der Waals surface area (Å²) in [6.45, 7) is 3.57. The van der Waals surface area contributed by atoms with Gasteiger partial charge in [-0.15, -0.1) is 0 Å². The molecule has 2 aromatic rings. The molecule has 0 spiro atoms.